The van der Waals surface area contributed by atoms with Crippen LogP contribution in [0.4, 0.5) is 13.2 Å². The molecule has 0 bridgehead atoms. The molecule has 1 aliphatic rings. The lowest BCUT2D eigenvalue weighted by molar-refractivity contribution is -0.140. The Morgan fingerprint density at radius 1 is 1.00 bits per heavy atom. The highest BCUT2D eigenvalue weighted by molar-refractivity contribution is 6.62. The third-order valence-electron chi connectivity index (χ3n) is 5.11. The summed E-state index contributed by atoms with van der Waals surface area (Å²) in [4.78, 5) is 7.87. The standard InChI is InChI=1S/C21H26BF3N2O3/c1-18(2,3)28-16-12-13(22-29-19(4,5)20(6,7)30-22)11-15(27-16)14-9-8-10-26-17(14)21(23,24)25/h8-12H,1-7H3. The van der Waals surface area contributed by atoms with Gasteiger partial charge in [-0.3, -0.25) is 4.98 Å². The molecule has 0 aliphatic carbocycles. The first-order valence-corrected chi connectivity index (χ1v) is 9.68. The van der Waals surface area contributed by atoms with E-state index in [0.717, 1.165) is 6.20 Å². The molecule has 0 N–H and O–H groups in total. The molecule has 0 unspecified atom stereocenters. The highest BCUT2D eigenvalue weighted by Gasteiger charge is 2.52. The maximum atomic E-state index is 13.5. The van der Waals surface area contributed by atoms with Crippen LogP contribution in [0.5, 0.6) is 5.88 Å². The molecule has 0 aromatic carbocycles. The van der Waals surface area contributed by atoms with Gasteiger partial charge in [0, 0.05) is 17.8 Å². The first-order chi connectivity index (χ1) is 13.6. The van der Waals surface area contributed by atoms with Crippen molar-refractivity contribution in [2.24, 2.45) is 0 Å². The van der Waals surface area contributed by atoms with Crippen molar-refractivity contribution < 1.29 is 27.2 Å². The van der Waals surface area contributed by atoms with Gasteiger partial charge < -0.3 is 14.0 Å². The molecule has 30 heavy (non-hydrogen) atoms. The maximum absolute atomic E-state index is 13.5. The molecule has 2 aromatic rings. The molecule has 3 rings (SSSR count). The molecule has 162 valence electrons. The van der Waals surface area contributed by atoms with Crippen molar-refractivity contribution in [2.75, 3.05) is 0 Å². The number of rotatable bonds is 3. The van der Waals surface area contributed by atoms with Gasteiger partial charge in [-0.25, -0.2) is 4.98 Å². The van der Waals surface area contributed by atoms with Gasteiger partial charge >= 0.3 is 13.3 Å². The van der Waals surface area contributed by atoms with E-state index in [1.165, 1.54) is 18.2 Å². The Labute approximate surface area is 175 Å². The molecule has 1 saturated heterocycles. The number of ether oxygens (including phenoxy) is 1. The quantitative estimate of drug-likeness (QED) is 0.675. The van der Waals surface area contributed by atoms with Gasteiger partial charge in [-0.15, -0.1) is 0 Å². The van der Waals surface area contributed by atoms with Crippen molar-refractivity contribution in [1.82, 2.24) is 9.97 Å². The van der Waals surface area contributed by atoms with Crippen LogP contribution in [-0.2, 0) is 15.5 Å². The summed E-state index contributed by atoms with van der Waals surface area (Å²) < 4.78 is 58.6. The van der Waals surface area contributed by atoms with E-state index in [4.69, 9.17) is 14.0 Å². The van der Waals surface area contributed by atoms with Gasteiger partial charge in [0.2, 0.25) is 5.88 Å². The molecule has 5 nitrogen and oxygen atoms in total. The summed E-state index contributed by atoms with van der Waals surface area (Å²) >= 11 is 0. The average molecular weight is 422 g/mol. The van der Waals surface area contributed by atoms with Crippen LogP contribution >= 0.6 is 0 Å². The highest BCUT2D eigenvalue weighted by atomic mass is 19.4. The van der Waals surface area contributed by atoms with E-state index in [0.29, 0.717) is 5.46 Å². The van der Waals surface area contributed by atoms with E-state index in [9.17, 15) is 13.2 Å². The van der Waals surface area contributed by atoms with Crippen LogP contribution in [0.1, 0.15) is 54.2 Å². The van der Waals surface area contributed by atoms with E-state index in [-0.39, 0.29) is 17.1 Å². The van der Waals surface area contributed by atoms with Crippen LogP contribution in [0, 0.1) is 0 Å². The van der Waals surface area contributed by atoms with Gasteiger partial charge in [0.05, 0.1) is 16.9 Å². The van der Waals surface area contributed by atoms with Crippen LogP contribution in [-0.4, -0.2) is 33.9 Å². The van der Waals surface area contributed by atoms with Crippen molar-refractivity contribution >= 4 is 12.6 Å². The fourth-order valence-electron chi connectivity index (χ4n) is 2.98. The Bertz CT molecular complexity index is 924. The molecule has 2 aromatic heterocycles. The molecule has 0 spiro atoms. The van der Waals surface area contributed by atoms with Crippen molar-refractivity contribution in [3.05, 3.63) is 36.2 Å². The largest absolute Gasteiger partial charge is 0.495 e. The van der Waals surface area contributed by atoms with Crippen molar-refractivity contribution in [3.8, 4) is 17.1 Å². The Morgan fingerprint density at radius 3 is 2.13 bits per heavy atom. The molecule has 1 aliphatic heterocycles. The fourth-order valence-corrected chi connectivity index (χ4v) is 2.98. The van der Waals surface area contributed by atoms with Crippen molar-refractivity contribution in [2.45, 2.75) is 71.4 Å². The van der Waals surface area contributed by atoms with E-state index >= 15 is 0 Å². The SMILES string of the molecule is CC(C)(C)Oc1cc(B2OC(C)(C)C(C)(C)O2)cc(-c2cccnc2C(F)(F)F)n1. The summed E-state index contributed by atoms with van der Waals surface area (Å²) in [5.41, 5.74) is -2.33. The predicted molar refractivity (Wildman–Crippen MR) is 109 cm³/mol. The average Bonchev–Trinajstić information content (AvgIpc) is 2.80. The van der Waals surface area contributed by atoms with Gasteiger partial charge in [-0.1, -0.05) is 0 Å². The number of hydrogen-bond donors (Lipinski definition) is 0. The van der Waals surface area contributed by atoms with Crippen LogP contribution < -0.4 is 10.2 Å². The van der Waals surface area contributed by atoms with E-state index in [1.54, 1.807) is 6.07 Å². The Morgan fingerprint density at radius 2 is 1.60 bits per heavy atom. The van der Waals surface area contributed by atoms with Crippen LogP contribution in [0.2, 0.25) is 0 Å². The van der Waals surface area contributed by atoms with Crippen LogP contribution in [0.25, 0.3) is 11.3 Å². The summed E-state index contributed by atoms with van der Waals surface area (Å²) in [6, 6.07) is 5.95. The summed E-state index contributed by atoms with van der Waals surface area (Å²) in [6.45, 7) is 13.1. The zero-order chi connectivity index (χ0) is 22.5. The number of pyridine rings is 2. The summed E-state index contributed by atoms with van der Waals surface area (Å²) in [5.74, 6) is 0.182. The summed E-state index contributed by atoms with van der Waals surface area (Å²) in [6.07, 6.45) is -3.51. The van der Waals surface area contributed by atoms with Crippen molar-refractivity contribution in [3.63, 3.8) is 0 Å². The Kier molecular flexibility index (Phi) is 5.44. The highest BCUT2D eigenvalue weighted by Crippen LogP contribution is 2.38. The Balaban J connectivity index is 2.14. The third kappa shape index (κ3) is 4.62. The van der Waals surface area contributed by atoms with Gasteiger partial charge in [0.1, 0.15) is 5.60 Å². The first kappa shape index (κ1) is 22.6. The molecule has 9 heteroatoms. The third-order valence-corrected chi connectivity index (χ3v) is 5.11. The summed E-state index contributed by atoms with van der Waals surface area (Å²) in [7, 11) is -0.773. The topological polar surface area (TPSA) is 53.5 Å². The lowest BCUT2D eigenvalue weighted by atomic mass is 9.79. The molecule has 1 fully saturated rings. The number of nitrogens with zero attached hydrogens (tertiary/aromatic N) is 2. The van der Waals surface area contributed by atoms with Crippen LogP contribution in [0.3, 0.4) is 0 Å². The second kappa shape index (κ2) is 7.23. The van der Waals surface area contributed by atoms with E-state index < -0.39 is 35.8 Å². The van der Waals surface area contributed by atoms with E-state index in [1.807, 2.05) is 48.5 Å². The fraction of sp³-hybridized carbons (Fsp3) is 0.524. The zero-order valence-corrected chi connectivity index (χ0v) is 18.2. The van der Waals surface area contributed by atoms with Gasteiger partial charge in [-0.2, -0.15) is 13.2 Å². The predicted octanol–water partition coefficient (Wildman–Crippen LogP) is 4.64. The molecular weight excluding hydrogens is 396 g/mol. The maximum Gasteiger partial charge on any atom is 0.495 e. The number of alkyl halides is 3. The lowest BCUT2D eigenvalue weighted by Gasteiger charge is -2.32. The monoisotopic (exact) mass is 422 g/mol. The minimum atomic E-state index is -4.62. The molecule has 0 radical (unpaired) electrons. The molecular formula is C21H26BF3N2O3. The normalized spacial score (nSPS) is 18.5. The lowest BCUT2D eigenvalue weighted by Crippen LogP contribution is -2.41. The smallest absolute Gasteiger partial charge is 0.472 e. The second-order valence-corrected chi connectivity index (χ2v) is 9.32. The number of aromatic nitrogens is 2. The van der Waals surface area contributed by atoms with Crippen molar-refractivity contribution in [1.29, 1.82) is 0 Å². The zero-order valence-electron chi connectivity index (χ0n) is 18.2. The second-order valence-electron chi connectivity index (χ2n) is 9.32. The summed E-state index contributed by atoms with van der Waals surface area (Å²) in [5, 5.41) is 0. The minimum Gasteiger partial charge on any atom is -0.472 e. The molecule has 3 heterocycles. The van der Waals surface area contributed by atoms with Gasteiger partial charge in [0.25, 0.3) is 0 Å². The minimum absolute atomic E-state index is 0.0851. The van der Waals surface area contributed by atoms with Crippen LogP contribution in [0.15, 0.2) is 30.5 Å². The van der Waals surface area contributed by atoms with Gasteiger partial charge in [0.15, 0.2) is 5.69 Å². The number of hydrogen-bond acceptors (Lipinski definition) is 5. The Hall–Kier alpha value is -2.13. The first-order valence-electron chi connectivity index (χ1n) is 9.68. The molecule has 0 amide bonds. The molecule has 0 atom stereocenters. The van der Waals surface area contributed by atoms with E-state index in [2.05, 4.69) is 9.97 Å². The number of halogens is 3. The van der Waals surface area contributed by atoms with Gasteiger partial charge in [-0.05, 0) is 72.1 Å². The molecule has 0 saturated carbocycles.